The molecule has 0 radical (unpaired) electrons. The zero-order valence-electron chi connectivity index (χ0n) is 10.9. The lowest BCUT2D eigenvalue weighted by Gasteiger charge is -2.11. The highest BCUT2D eigenvalue weighted by Crippen LogP contribution is 2.23. The molecule has 0 aliphatic heterocycles. The number of rotatable bonds is 3. The maximum absolute atomic E-state index is 9.50. The Balaban J connectivity index is 2.51. The van der Waals surface area contributed by atoms with Gasteiger partial charge in [-0.3, -0.25) is 0 Å². The minimum atomic E-state index is 0.222. The number of nitrogens with zero attached hydrogens (tertiary/aromatic N) is 2. The van der Waals surface area contributed by atoms with Crippen molar-refractivity contribution in [3.63, 3.8) is 0 Å². The fourth-order valence-corrected chi connectivity index (χ4v) is 1.74. The Morgan fingerprint density at radius 3 is 2.67 bits per heavy atom. The second kappa shape index (κ2) is 5.04. The van der Waals surface area contributed by atoms with Gasteiger partial charge in [-0.05, 0) is 32.9 Å². The van der Waals surface area contributed by atoms with Gasteiger partial charge in [0.05, 0.1) is 0 Å². The fourth-order valence-electron chi connectivity index (χ4n) is 1.74. The van der Waals surface area contributed by atoms with Crippen molar-refractivity contribution in [1.82, 2.24) is 9.97 Å². The van der Waals surface area contributed by atoms with Gasteiger partial charge in [-0.15, -0.1) is 0 Å². The molecule has 2 rings (SSSR count). The zero-order valence-corrected chi connectivity index (χ0v) is 10.9. The summed E-state index contributed by atoms with van der Waals surface area (Å²) in [7, 11) is 0. The van der Waals surface area contributed by atoms with E-state index >= 15 is 0 Å². The average molecular weight is 243 g/mol. The fraction of sp³-hybridized carbons (Fsp3) is 0.286. The van der Waals surface area contributed by atoms with Gasteiger partial charge in [0.2, 0.25) is 0 Å². The van der Waals surface area contributed by atoms with E-state index in [0.717, 1.165) is 29.2 Å². The highest BCUT2D eigenvalue weighted by molar-refractivity contribution is 5.61. The van der Waals surface area contributed by atoms with Crippen LogP contribution in [0.2, 0.25) is 0 Å². The summed E-state index contributed by atoms with van der Waals surface area (Å²) in [6.07, 6.45) is 0. The molecule has 0 unspecified atom stereocenters. The summed E-state index contributed by atoms with van der Waals surface area (Å²) in [6, 6.07) is 6.98. The predicted molar refractivity (Wildman–Crippen MR) is 72.8 cm³/mol. The van der Waals surface area contributed by atoms with Gasteiger partial charge in [-0.2, -0.15) is 0 Å². The van der Waals surface area contributed by atoms with Crippen LogP contribution in [-0.2, 0) is 0 Å². The van der Waals surface area contributed by atoms with Gasteiger partial charge in [0, 0.05) is 23.4 Å². The molecule has 0 saturated carbocycles. The van der Waals surface area contributed by atoms with Crippen LogP contribution < -0.4 is 5.32 Å². The molecule has 0 fully saturated rings. The van der Waals surface area contributed by atoms with E-state index < -0.39 is 0 Å². The zero-order chi connectivity index (χ0) is 13.1. The molecule has 0 saturated heterocycles. The molecule has 2 N–H and O–H groups in total. The molecule has 1 aromatic carbocycles. The van der Waals surface area contributed by atoms with E-state index in [2.05, 4.69) is 15.3 Å². The molecule has 1 heterocycles. The molecule has 94 valence electrons. The number of aromatic hydroxyl groups is 1. The highest BCUT2D eigenvalue weighted by Gasteiger charge is 2.09. The minimum absolute atomic E-state index is 0.222. The molecule has 1 aromatic heterocycles. The Bertz CT molecular complexity index is 567. The number of phenolic OH excluding ortho intramolecular Hbond substituents is 1. The second-order valence-electron chi connectivity index (χ2n) is 4.19. The van der Waals surface area contributed by atoms with E-state index in [1.54, 1.807) is 18.2 Å². The van der Waals surface area contributed by atoms with Crippen LogP contribution in [0.5, 0.6) is 5.75 Å². The normalized spacial score (nSPS) is 10.4. The number of anilines is 1. The number of hydrogen-bond donors (Lipinski definition) is 2. The van der Waals surface area contributed by atoms with E-state index in [4.69, 9.17) is 0 Å². The third kappa shape index (κ3) is 2.42. The van der Waals surface area contributed by atoms with E-state index in [0.29, 0.717) is 5.82 Å². The molecule has 0 aliphatic rings. The highest BCUT2D eigenvalue weighted by atomic mass is 16.3. The molecule has 2 aromatic rings. The molecule has 0 atom stereocenters. The number of aryl methyl sites for hydroxylation is 1. The van der Waals surface area contributed by atoms with Gasteiger partial charge in [0.25, 0.3) is 0 Å². The molecule has 0 aliphatic carbocycles. The molecule has 0 bridgehead atoms. The third-order valence-corrected chi connectivity index (χ3v) is 2.84. The number of hydrogen-bond acceptors (Lipinski definition) is 4. The Labute approximate surface area is 107 Å². The first kappa shape index (κ1) is 12.4. The van der Waals surface area contributed by atoms with Crippen LogP contribution >= 0.6 is 0 Å². The van der Waals surface area contributed by atoms with E-state index in [9.17, 15) is 5.11 Å². The Morgan fingerprint density at radius 1 is 1.22 bits per heavy atom. The van der Waals surface area contributed by atoms with Crippen molar-refractivity contribution in [1.29, 1.82) is 0 Å². The summed E-state index contributed by atoms with van der Waals surface area (Å²) in [5, 5.41) is 12.7. The monoisotopic (exact) mass is 243 g/mol. The van der Waals surface area contributed by atoms with E-state index in [-0.39, 0.29) is 5.75 Å². The smallest absolute Gasteiger partial charge is 0.161 e. The van der Waals surface area contributed by atoms with Crippen LogP contribution in [0.15, 0.2) is 24.3 Å². The topological polar surface area (TPSA) is 58.0 Å². The van der Waals surface area contributed by atoms with Crippen LogP contribution in [0.25, 0.3) is 11.4 Å². The number of aromatic nitrogens is 2. The molecule has 0 amide bonds. The largest absolute Gasteiger partial charge is 0.508 e. The maximum Gasteiger partial charge on any atom is 0.161 e. The molecule has 4 nitrogen and oxygen atoms in total. The van der Waals surface area contributed by atoms with Gasteiger partial charge in [0.1, 0.15) is 11.6 Å². The first-order valence-electron chi connectivity index (χ1n) is 6.00. The minimum Gasteiger partial charge on any atom is -0.508 e. The van der Waals surface area contributed by atoms with Gasteiger partial charge in [0.15, 0.2) is 5.82 Å². The van der Waals surface area contributed by atoms with Crippen molar-refractivity contribution >= 4 is 5.82 Å². The number of benzene rings is 1. The third-order valence-electron chi connectivity index (χ3n) is 2.84. The Hall–Kier alpha value is -2.10. The van der Waals surface area contributed by atoms with Crippen molar-refractivity contribution in [2.24, 2.45) is 0 Å². The molecule has 18 heavy (non-hydrogen) atoms. The van der Waals surface area contributed by atoms with E-state index in [1.165, 1.54) is 0 Å². The summed E-state index contributed by atoms with van der Waals surface area (Å²) >= 11 is 0. The maximum atomic E-state index is 9.50. The number of phenols is 1. The lowest BCUT2D eigenvalue weighted by molar-refractivity contribution is 0.475. The Kier molecular flexibility index (Phi) is 3.46. The van der Waals surface area contributed by atoms with Crippen molar-refractivity contribution < 1.29 is 5.11 Å². The average Bonchev–Trinajstić information content (AvgIpc) is 2.35. The summed E-state index contributed by atoms with van der Waals surface area (Å²) in [5.41, 5.74) is 2.82. The van der Waals surface area contributed by atoms with Crippen molar-refractivity contribution in [2.75, 3.05) is 11.9 Å². The quantitative estimate of drug-likeness (QED) is 0.870. The number of nitrogens with one attached hydrogen (secondary N) is 1. The molecular formula is C14H17N3O. The van der Waals surface area contributed by atoms with Crippen LogP contribution in [0.1, 0.15) is 18.2 Å². The van der Waals surface area contributed by atoms with Crippen LogP contribution in [0.4, 0.5) is 5.82 Å². The van der Waals surface area contributed by atoms with Gasteiger partial charge in [-0.25, -0.2) is 9.97 Å². The second-order valence-corrected chi connectivity index (χ2v) is 4.19. The molecule has 4 heteroatoms. The van der Waals surface area contributed by atoms with Crippen molar-refractivity contribution in [2.45, 2.75) is 20.8 Å². The summed E-state index contributed by atoms with van der Waals surface area (Å²) in [4.78, 5) is 8.97. The van der Waals surface area contributed by atoms with E-state index in [1.807, 2.05) is 26.8 Å². The summed E-state index contributed by atoms with van der Waals surface area (Å²) in [6.45, 7) is 6.81. The van der Waals surface area contributed by atoms with Gasteiger partial charge in [-0.1, -0.05) is 12.1 Å². The lowest BCUT2D eigenvalue weighted by atomic mass is 10.1. The SMILES string of the molecule is CCNc1nc(-c2cccc(O)c2)nc(C)c1C. The van der Waals surface area contributed by atoms with Crippen LogP contribution in [0, 0.1) is 13.8 Å². The first-order valence-corrected chi connectivity index (χ1v) is 6.00. The first-order chi connectivity index (χ1) is 8.61. The molecule has 0 spiro atoms. The van der Waals surface area contributed by atoms with Gasteiger partial charge < -0.3 is 10.4 Å². The predicted octanol–water partition coefficient (Wildman–Crippen LogP) is 2.90. The van der Waals surface area contributed by atoms with Crippen molar-refractivity contribution in [3.05, 3.63) is 35.5 Å². The van der Waals surface area contributed by atoms with Gasteiger partial charge >= 0.3 is 0 Å². The Morgan fingerprint density at radius 2 is 2.00 bits per heavy atom. The lowest BCUT2D eigenvalue weighted by Crippen LogP contribution is -2.06. The molecular weight excluding hydrogens is 226 g/mol. The standard InChI is InChI=1S/C14H17N3O/c1-4-15-13-9(2)10(3)16-14(17-13)11-6-5-7-12(18)8-11/h5-8,18H,4H2,1-3H3,(H,15,16,17). The van der Waals surface area contributed by atoms with Crippen molar-refractivity contribution in [3.8, 4) is 17.1 Å². The summed E-state index contributed by atoms with van der Waals surface area (Å²) < 4.78 is 0. The summed E-state index contributed by atoms with van der Waals surface area (Å²) in [5.74, 6) is 1.70. The van der Waals surface area contributed by atoms with Crippen LogP contribution in [-0.4, -0.2) is 21.6 Å². The van der Waals surface area contributed by atoms with Crippen LogP contribution in [0.3, 0.4) is 0 Å².